The number of likely N-dealkylation sites (tertiary alicyclic amines) is 1. The van der Waals surface area contributed by atoms with Gasteiger partial charge in [0.05, 0.1) is 0 Å². The molecule has 0 bridgehead atoms. The van der Waals surface area contributed by atoms with Gasteiger partial charge in [0, 0.05) is 48.4 Å². The van der Waals surface area contributed by atoms with Gasteiger partial charge in [0.15, 0.2) is 0 Å². The van der Waals surface area contributed by atoms with Gasteiger partial charge in [-0.25, -0.2) is 0 Å². The second-order valence-corrected chi connectivity index (χ2v) is 12.1. The van der Waals surface area contributed by atoms with Crippen LogP contribution in [0.5, 0.6) is 0 Å². The summed E-state index contributed by atoms with van der Waals surface area (Å²) in [5.74, 6) is -0.409. The number of nitrogens with zero attached hydrogens (tertiary/aromatic N) is 3. The van der Waals surface area contributed by atoms with E-state index >= 15 is 0 Å². The number of anilines is 1. The largest absolute Gasteiger partial charge is 0.350 e. The van der Waals surface area contributed by atoms with Gasteiger partial charge in [-0.2, -0.15) is 0 Å². The van der Waals surface area contributed by atoms with Crippen molar-refractivity contribution in [2.75, 3.05) is 18.4 Å². The predicted octanol–water partition coefficient (Wildman–Crippen LogP) is 6.51. The molecule has 0 saturated carbocycles. The van der Waals surface area contributed by atoms with Crippen LogP contribution in [-0.2, 0) is 18.5 Å². The standard InChI is InChI=1S/C34H39N5O3/c1-23-10-11-28(18-29(23)30-19-31(42-38-30)33(41)36-21-24-9-8-12-35-20-24)37-32(40)26-15-25(16-27(17-26)34(2,3)4)22-39-13-6-5-7-14-39/h8-12,15-20H,5-7,13-14,21-22H2,1-4H3,(H,36,41)(H,37,40). The van der Waals surface area contributed by atoms with E-state index in [4.69, 9.17) is 4.52 Å². The maximum Gasteiger partial charge on any atom is 0.290 e. The average Bonchev–Trinajstić information content (AvgIpc) is 3.48. The topological polar surface area (TPSA) is 100 Å². The van der Waals surface area contributed by atoms with Crippen LogP contribution in [0.4, 0.5) is 5.69 Å². The molecule has 8 heteroatoms. The normalized spacial score (nSPS) is 14.0. The molecular weight excluding hydrogens is 526 g/mol. The number of rotatable bonds is 8. The van der Waals surface area contributed by atoms with Crippen LogP contribution in [0.15, 0.2) is 71.5 Å². The Morgan fingerprint density at radius 1 is 0.952 bits per heavy atom. The van der Waals surface area contributed by atoms with E-state index in [1.54, 1.807) is 18.5 Å². The van der Waals surface area contributed by atoms with E-state index in [1.807, 2.05) is 49.4 Å². The highest BCUT2D eigenvalue weighted by Crippen LogP contribution is 2.29. The molecule has 42 heavy (non-hydrogen) atoms. The molecule has 2 N–H and O–H groups in total. The zero-order chi connectivity index (χ0) is 29.7. The van der Waals surface area contributed by atoms with Crippen LogP contribution in [0.1, 0.15) is 83.2 Å². The molecule has 4 aromatic rings. The van der Waals surface area contributed by atoms with Crippen LogP contribution < -0.4 is 10.6 Å². The smallest absolute Gasteiger partial charge is 0.290 e. The molecule has 5 rings (SSSR count). The quantitative estimate of drug-likeness (QED) is 0.253. The third-order valence-corrected chi connectivity index (χ3v) is 7.66. The minimum Gasteiger partial charge on any atom is -0.350 e. The lowest BCUT2D eigenvalue weighted by Gasteiger charge is -2.28. The highest BCUT2D eigenvalue weighted by atomic mass is 16.5. The number of pyridine rings is 1. The average molecular weight is 566 g/mol. The monoisotopic (exact) mass is 565 g/mol. The number of hydrogen-bond donors (Lipinski definition) is 2. The molecule has 1 fully saturated rings. The van der Waals surface area contributed by atoms with Gasteiger partial charge in [-0.1, -0.05) is 50.5 Å². The van der Waals surface area contributed by atoms with Crippen molar-refractivity contribution in [3.05, 3.63) is 101 Å². The minimum absolute atomic E-state index is 0.0844. The van der Waals surface area contributed by atoms with E-state index < -0.39 is 0 Å². The summed E-state index contributed by atoms with van der Waals surface area (Å²) in [5.41, 5.74) is 6.64. The van der Waals surface area contributed by atoms with Crippen LogP contribution in [0.25, 0.3) is 11.3 Å². The highest BCUT2D eigenvalue weighted by molar-refractivity contribution is 6.05. The Hall–Kier alpha value is -4.30. The Balaban J connectivity index is 1.32. The maximum atomic E-state index is 13.5. The highest BCUT2D eigenvalue weighted by Gasteiger charge is 2.20. The zero-order valence-corrected chi connectivity index (χ0v) is 24.9. The van der Waals surface area contributed by atoms with E-state index in [0.717, 1.165) is 47.5 Å². The summed E-state index contributed by atoms with van der Waals surface area (Å²) >= 11 is 0. The van der Waals surface area contributed by atoms with Crippen molar-refractivity contribution in [2.24, 2.45) is 0 Å². The van der Waals surface area contributed by atoms with Crippen LogP contribution >= 0.6 is 0 Å². The molecular formula is C34H39N5O3. The van der Waals surface area contributed by atoms with Crippen molar-refractivity contribution in [1.29, 1.82) is 0 Å². The van der Waals surface area contributed by atoms with Crippen molar-refractivity contribution < 1.29 is 14.1 Å². The fraction of sp³-hybridized carbons (Fsp3) is 0.353. The van der Waals surface area contributed by atoms with Crippen LogP contribution in [0.2, 0.25) is 0 Å². The first-order chi connectivity index (χ1) is 20.2. The van der Waals surface area contributed by atoms with Crippen molar-refractivity contribution >= 4 is 17.5 Å². The lowest BCUT2D eigenvalue weighted by molar-refractivity contribution is 0.0913. The molecule has 1 saturated heterocycles. The number of benzene rings is 2. The molecule has 1 aliphatic heterocycles. The second kappa shape index (κ2) is 12.7. The number of aryl methyl sites for hydroxylation is 1. The zero-order valence-electron chi connectivity index (χ0n) is 24.9. The third-order valence-electron chi connectivity index (χ3n) is 7.66. The van der Waals surface area contributed by atoms with E-state index in [9.17, 15) is 9.59 Å². The first-order valence-corrected chi connectivity index (χ1v) is 14.6. The molecule has 0 aliphatic carbocycles. The number of aromatic nitrogens is 2. The van der Waals surface area contributed by atoms with E-state index in [1.165, 1.54) is 19.3 Å². The molecule has 2 aromatic carbocycles. The molecule has 218 valence electrons. The van der Waals surface area contributed by atoms with Crippen LogP contribution in [-0.4, -0.2) is 39.9 Å². The molecule has 0 spiro atoms. The molecule has 2 amide bonds. The molecule has 0 atom stereocenters. The molecule has 2 aromatic heterocycles. The van der Waals surface area contributed by atoms with E-state index in [0.29, 0.717) is 23.5 Å². The molecule has 3 heterocycles. The predicted molar refractivity (Wildman–Crippen MR) is 164 cm³/mol. The maximum absolute atomic E-state index is 13.5. The molecule has 0 unspecified atom stereocenters. The van der Waals surface area contributed by atoms with Gasteiger partial charge < -0.3 is 15.2 Å². The Labute approximate surface area is 247 Å². The Morgan fingerprint density at radius 2 is 1.76 bits per heavy atom. The summed E-state index contributed by atoms with van der Waals surface area (Å²) in [6.45, 7) is 11.9. The van der Waals surface area contributed by atoms with Crippen LogP contribution in [0, 0.1) is 6.92 Å². The summed E-state index contributed by atoms with van der Waals surface area (Å²) in [5, 5.41) is 10.0. The third kappa shape index (κ3) is 7.31. The van der Waals surface area contributed by atoms with E-state index in [2.05, 4.69) is 52.5 Å². The lowest BCUT2D eigenvalue weighted by atomic mass is 9.84. The lowest BCUT2D eigenvalue weighted by Crippen LogP contribution is -2.29. The number of carbonyl (C=O) groups is 2. The fourth-order valence-corrected chi connectivity index (χ4v) is 5.18. The molecule has 1 aliphatic rings. The SMILES string of the molecule is Cc1ccc(NC(=O)c2cc(CN3CCCCC3)cc(C(C)(C)C)c2)cc1-c1cc(C(=O)NCc2cccnc2)on1. The van der Waals surface area contributed by atoms with Crippen molar-refractivity contribution in [1.82, 2.24) is 20.4 Å². The number of amides is 2. The number of carbonyl (C=O) groups excluding carboxylic acids is 2. The first kappa shape index (κ1) is 29.2. The summed E-state index contributed by atoms with van der Waals surface area (Å²) < 4.78 is 5.37. The second-order valence-electron chi connectivity index (χ2n) is 12.1. The number of piperidine rings is 1. The van der Waals surface area contributed by atoms with Gasteiger partial charge in [-0.05, 0) is 90.9 Å². The van der Waals surface area contributed by atoms with Crippen molar-refractivity contribution in [3.63, 3.8) is 0 Å². The number of hydrogen-bond acceptors (Lipinski definition) is 6. The first-order valence-electron chi connectivity index (χ1n) is 14.6. The van der Waals surface area contributed by atoms with E-state index in [-0.39, 0.29) is 23.0 Å². The van der Waals surface area contributed by atoms with Crippen molar-refractivity contribution in [3.8, 4) is 11.3 Å². The molecule has 0 radical (unpaired) electrons. The van der Waals surface area contributed by atoms with Crippen molar-refractivity contribution in [2.45, 2.75) is 65.5 Å². The van der Waals surface area contributed by atoms with Gasteiger partial charge in [-0.15, -0.1) is 0 Å². The van der Waals surface area contributed by atoms with Crippen LogP contribution in [0.3, 0.4) is 0 Å². The summed E-state index contributed by atoms with van der Waals surface area (Å²) in [6, 6.07) is 17.2. The molecule has 8 nitrogen and oxygen atoms in total. The van der Waals surface area contributed by atoms with Gasteiger partial charge in [-0.3, -0.25) is 19.5 Å². The van der Waals surface area contributed by atoms with Gasteiger partial charge >= 0.3 is 0 Å². The Kier molecular flexibility index (Phi) is 8.83. The minimum atomic E-state index is -0.362. The summed E-state index contributed by atoms with van der Waals surface area (Å²) in [6.07, 6.45) is 7.13. The number of nitrogens with one attached hydrogen (secondary N) is 2. The Bertz CT molecular complexity index is 1550. The summed E-state index contributed by atoms with van der Waals surface area (Å²) in [4.78, 5) is 32.7. The fourth-order valence-electron chi connectivity index (χ4n) is 5.18. The summed E-state index contributed by atoms with van der Waals surface area (Å²) in [7, 11) is 0. The van der Waals surface area contributed by atoms with Gasteiger partial charge in [0.1, 0.15) is 5.69 Å². The van der Waals surface area contributed by atoms with Gasteiger partial charge in [0.25, 0.3) is 11.8 Å². The Morgan fingerprint density at radius 3 is 2.50 bits per heavy atom. The van der Waals surface area contributed by atoms with Gasteiger partial charge in [0.2, 0.25) is 5.76 Å².